The highest BCUT2D eigenvalue weighted by Crippen LogP contribution is 2.21. The van der Waals surface area contributed by atoms with Gasteiger partial charge < -0.3 is 4.74 Å². The summed E-state index contributed by atoms with van der Waals surface area (Å²) in [4.78, 5) is 24.2. The first-order chi connectivity index (χ1) is 13.5. The molecule has 0 N–H and O–H groups in total. The van der Waals surface area contributed by atoms with Gasteiger partial charge in [-0.15, -0.1) is 0 Å². The van der Waals surface area contributed by atoms with Crippen molar-refractivity contribution >= 4 is 21.8 Å². The number of sulfonamides is 1. The number of aryl methyl sites for hydroxylation is 1. The fourth-order valence-electron chi connectivity index (χ4n) is 3.08. The van der Waals surface area contributed by atoms with Crippen molar-refractivity contribution < 1.29 is 22.7 Å². The molecule has 0 atom stereocenters. The second-order valence-corrected chi connectivity index (χ2v) is 8.64. The number of rotatable bonds is 8. The minimum Gasteiger partial charge on any atom is -0.457 e. The molecule has 0 radical (unpaired) electrons. The topological polar surface area (TPSA) is 80.8 Å². The van der Waals surface area contributed by atoms with E-state index in [2.05, 4.69) is 0 Å². The lowest BCUT2D eigenvalue weighted by atomic mass is 10.1. The number of carbonyl (C=O) groups is 2. The Morgan fingerprint density at radius 2 is 1.57 bits per heavy atom. The van der Waals surface area contributed by atoms with E-state index in [1.165, 1.54) is 28.6 Å². The quantitative estimate of drug-likeness (QED) is 0.502. The molecule has 1 fully saturated rings. The maximum atomic E-state index is 12.5. The zero-order valence-corrected chi connectivity index (χ0v) is 16.4. The van der Waals surface area contributed by atoms with Crippen molar-refractivity contribution in [2.45, 2.75) is 30.6 Å². The third kappa shape index (κ3) is 5.05. The van der Waals surface area contributed by atoms with Gasteiger partial charge in [-0.2, -0.15) is 4.31 Å². The number of Topliss-reactive ketones (excluding diaryl/α,β-unsaturated/α-hetero) is 1. The van der Waals surface area contributed by atoms with E-state index in [-0.39, 0.29) is 23.7 Å². The van der Waals surface area contributed by atoms with Gasteiger partial charge >= 0.3 is 5.97 Å². The van der Waals surface area contributed by atoms with E-state index < -0.39 is 16.0 Å². The summed E-state index contributed by atoms with van der Waals surface area (Å²) >= 11 is 0. The van der Waals surface area contributed by atoms with Crippen LogP contribution in [0.5, 0.6) is 0 Å². The predicted molar refractivity (Wildman–Crippen MR) is 104 cm³/mol. The SMILES string of the molecule is O=C(CCc1ccccc1)OCC(=O)c1ccc(S(=O)(=O)N2CCCC2)cc1. The summed E-state index contributed by atoms with van der Waals surface area (Å²) in [5, 5.41) is 0. The van der Waals surface area contributed by atoms with Crippen LogP contribution in [0.1, 0.15) is 35.2 Å². The van der Waals surface area contributed by atoms with E-state index in [1.54, 1.807) is 0 Å². The molecule has 1 aliphatic rings. The van der Waals surface area contributed by atoms with E-state index in [9.17, 15) is 18.0 Å². The van der Waals surface area contributed by atoms with Crippen LogP contribution in [0.15, 0.2) is 59.5 Å². The Balaban J connectivity index is 1.51. The maximum Gasteiger partial charge on any atom is 0.306 e. The first-order valence-corrected chi connectivity index (χ1v) is 10.7. The summed E-state index contributed by atoms with van der Waals surface area (Å²) in [6.45, 7) is 0.704. The smallest absolute Gasteiger partial charge is 0.306 e. The van der Waals surface area contributed by atoms with Gasteiger partial charge in [-0.05, 0) is 49.1 Å². The van der Waals surface area contributed by atoms with Gasteiger partial charge in [-0.3, -0.25) is 9.59 Å². The van der Waals surface area contributed by atoms with Gasteiger partial charge in [0.05, 0.1) is 4.90 Å². The molecule has 0 spiro atoms. The Morgan fingerprint density at radius 1 is 0.929 bits per heavy atom. The van der Waals surface area contributed by atoms with Crippen molar-refractivity contribution in [1.29, 1.82) is 0 Å². The van der Waals surface area contributed by atoms with E-state index in [4.69, 9.17) is 4.74 Å². The van der Waals surface area contributed by atoms with Crippen molar-refractivity contribution in [1.82, 2.24) is 4.31 Å². The molecule has 2 aromatic rings. The monoisotopic (exact) mass is 401 g/mol. The molecule has 0 aliphatic carbocycles. The second-order valence-electron chi connectivity index (χ2n) is 6.71. The molecule has 0 bridgehead atoms. The number of hydrogen-bond acceptors (Lipinski definition) is 5. The minimum atomic E-state index is -3.50. The Hall–Kier alpha value is -2.51. The van der Waals surface area contributed by atoms with E-state index >= 15 is 0 Å². The number of ketones is 1. The molecular formula is C21H23NO5S. The highest BCUT2D eigenvalue weighted by molar-refractivity contribution is 7.89. The molecule has 1 saturated heterocycles. The largest absolute Gasteiger partial charge is 0.457 e. The molecule has 7 heteroatoms. The fraction of sp³-hybridized carbons (Fsp3) is 0.333. The third-order valence-electron chi connectivity index (χ3n) is 4.70. The number of nitrogens with zero attached hydrogens (tertiary/aromatic N) is 1. The Bertz CT molecular complexity index is 917. The van der Waals surface area contributed by atoms with Crippen molar-refractivity contribution in [2.75, 3.05) is 19.7 Å². The van der Waals surface area contributed by atoms with Crippen LogP contribution >= 0.6 is 0 Å². The van der Waals surface area contributed by atoms with Crippen LogP contribution in [-0.2, 0) is 26.0 Å². The van der Waals surface area contributed by atoms with Crippen LogP contribution in [0.25, 0.3) is 0 Å². The van der Waals surface area contributed by atoms with Crippen LogP contribution in [0.4, 0.5) is 0 Å². The third-order valence-corrected chi connectivity index (χ3v) is 6.62. The number of carbonyl (C=O) groups excluding carboxylic acids is 2. The molecule has 3 rings (SSSR count). The standard InChI is InChI=1S/C21H23NO5S/c23-20(16-27-21(24)13-8-17-6-2-1-3-7-17)18-9-11-19(12-10-18)28(25,26)22-14-4-5-15-22/h1-3,6-7,9-12H,4-5,8,13-16H2. The zero-order chi connectivity index (χ0) is 20.0. The van der Waals surface area contributed by atoms with Crippen molar-refractivity contribution in [2.24, 2.45) is 0 Å². The van der Waals surface area contributed by atoms with Gasteiger partial charge in [0.2, 0.25) is 10.0 Å². The molecule has 0 amide bonds. The van der Waals surface area contributed by atoms with Gasteiger partial charge in [0.15, 0.2) is 12.4 Å². The summed E-state index contributed by atoms with van der Waals surface area (Å²) < 4.78 is 31.5. The average molecular weight is 401 g/mol. The van der Waals surface area contributed by atoms with Gasteiger partial charge in [0.1, 0.15) is 0 Å². The predicted octanol–water partition coefficient (Wildman–Crippen LogP) is 2.83. The summed E-state index contributed by atoms with van der Waals surface area (Å²) in [5.41, 5.74) is 1.34. The zero-order valence-electron chi connectivity index (χ0n) is 15.5. The van der Waals surface area contributed by atoms with Crippen LogP contribution in [-0.4, -0.2) is 44.2 Å². The lowest BCUT2D eigenvalue weighted by Crippen LogP contribution is -2.27. The van der Waals surface area contributed by atoms with Crippen molar-refractivity contribution in [3.05, 3.63) is 65.7 Å². The number of ether oxygens (including phenoxy) is 1. The molecule has 0 aromatic heterocycles. The molecule has 0 saturated carbocycles. The Kier molecular flexibility index (Phi) is 6.59. The molecule has 6 nitrogen and oxygen atoms in total. The summed E-state index contributed by atoms with van der Waals surface area (Å²) in [6.07, 6.45) is 2.48. The van der Waals surface area contributed by atoms with E-state index in [0.29, 0.717) is 25.1 Å². The van der Waals surface area contributed by atoms with E-state index in [0.717, 1.165) is 18.4 Å². The molecule has 28 heavy (non-hydrogen) atoms. The van der Waals surface area contributed by atoms with Crippen molar-refractivity contribution in [3.63, 3.8) is 0 Å². The van der Waals surface area contributed by atoms with Crippen molar-refractivity contribution in [3.8, 4) is 0 Å². The fourth-order valence-corrected chi connectivity index (χ4v) is 4.60. The number of hydrogen-bond donors (Lipinski definition) is 0. The summed E-state index contributed by atoms with van der Waals surface area (Å²) in [6, 6.07) is 15.3. The lowest BCUT2D eigenvalue weighted by molar-refractivity contribution is -0.142. The second kappa shape index (κ2) is 9.12. The van der Waals surface area contributed by atoms with Crippen LogP contribution in [0.2, 0.25) is 0 Å². The van der Waals surface area contributed by atoms with Gasteiger partial charge in [0, 0.05) is 25.1 Å². The maximum absolute atomic E-state index is 12.5. The van der Waals surface area contributed by atoms with Crippen LogP contribution in [0.3, 0.4) is 0 Å². The minimum absolute atomic E-state index is 0.172. The number of esters is 1. The first kappa shape index (κ1) is 20.2. The molecule has 1 aliphatic heterocycles. The van der Waals surface area contributed by atoms with Crippen LogP contribution < -0.4 is 0 Å². The summed E-state index contributed by atoms with van der Waals surface area (Å²) in [5.74, 6) is -0.802. The molecule has 148 valence electrons. The van der Waals surface area contributed by atoms with E-state index in [1.807, 2.05) is 30.3 Å². The molecular weight excluding hydrogens is 378 g/mol. The highest BCUT2D eigenvalue weighted by atomic mass is 32.2. The average Bonchev–Trinajstić information content (AvgIpc) is 3.27. The Labute approximate surface area is 165 Å². The van der Waals surface area contributed by atoms with Gasteiger partial charge in [-0.25, -0.2) is 8.42 Å². The lowest BCUT2D eigenvalue weighted by Gasteiger charge is -2.15. The number of benzene rings is 2. The first-order valence-electron chi connectivity index (χ1n) is 9.30. The molecule has 1 heterocycles. The van der Waals surface area contributed by atoms with Gasteiger partial charge in [-0.1, -0.05) is 30.3 Å². The highest BCUT2D eigenvalue weighted by Gasteiger charge is 2.27. The summed E-state index contributed by atoms with van der Waals surface area (Å²) in [7, 11) is -3.50. The molecule has 2 aromatic carbocycles. The molecule has 0 unspecified atom stereocenters. The van der Waals surface area contributed by atoms with Crippen LogP contribution in [0, 0.1) is 0 Å². The normalized spacial score (nSPS) is 14.7. The van der Waals surface area contributed by atoms with Gasteiger partial charge in [0.25, 0.3) is 0 Å². The Morgan fingerprint density at radius 3 is 2.21 bits per heavy atom.